The van der Waals surface area contributed by atoms with E-state index in [9.17, 15) is 9.59 Å². The molecule has 0 radical (unpaired) electrons. The first kappa shape index (κ1) is 21.2. The highest BCUT2D eigenvalue weighted by atomic mass is 32.1. The van der Waals surface area contributed by atoms with Gasteiger partial charge in [-0.15, -0.1) is 11.3 Å². The van der Waals surface area contributed by atoms with Gasteiger partial charge in [0, 0.05) is 30.6 Å². The molecule has 2 amide bonds. The van der Waals surface area contributed by atoms with E-state index in [1.54, 1.807) is 13.0 Å². The minimum atomic E-state index is -0.144. The van der Waals surface area contributed by atoms with E-state index in [1.807, 2.05) is 11.8 Å². The lowest BCUT2D eigenvalue weighted by Crippen LogP contribution is -2.41. The van der Waals surface area contributed by atoms with E-state index in [2.05, 4.69) is 47.5 Å². The molecule has 8 heteroatoms. The topological polar surface area (TPSA) is 88.3 Å². The van der Waals surface area contributed by atoms with Crippen LogP contribution in [0.15, 0.2) is 28.8 Å². The van der Waals surface area contributed by atoms with Gasteiger partial charge in [0.1, 0.15) is 15.6 Å². The second-order valence-electron chi connectivity index (χ2n) is 8.13. The summed E-state index contributed by atoms with van der Waals surface area (Å²) in [7, 11) is 0. The fraction of sp³-hybridized carbons (Fsp3) is 0.391. The van der Waals surface area contributed by atoms with Crippen molar-refractivity contribution in [3.63, 3.8) is 0 Å². The Morgan fingerprint density at radius 3 is 2.52 bits per heavy atom. The minimum absolute atomic E-state index is 0.00278. The Bertz CT molecular complexity index is 1130. The third-order valence-electron chi connectivity index (χ3n) is 5.64. The molecule has 0 unspecified atom stereocenters. The zero-order valence-electron chi connectivity index (χ0n) is 18.2. The van der Waals surface area contributed by atoms with Crippen molar-refractivity contribution in [1.29, 1.82) is 0 Å². The number of aryl methyl sites for hydroxylation is 4. The van der Waals surface area contributed by atoms with Crippen LogP contribution in [0.1, 0.15) is 45.1 Å². The number of nitrogens with zero attached hydrogens (tertiary/aromatic N) is 3. The maximum Gasteiger partial charge on any atom is 0.265 e. The van der Waals surface area contributed by atoms with Crippen molar-refractivity contribution in [2.24, 2.45) is 5.92 Å². The van der Waals surface area contributed by atoms with E-state index < -0.39 is 0 Å². The fourth-order valence-electron chi connectivity index (χ4n) is 3.91. The molecule has 7 nitrogen and oxygen atoms in total. The van der Waals surface area contributed by atoms with Crippen LogP contribution in [0.3, 0.4) is 0 Å². The first-order valence-electron chi connectivity index (χ1n) is 10.4. The number of hydrogen-bond donors (Lipinski definition) is 1. The van der Waals surface area contributed by atoms with Crippen LogP contribution in [0.4, 0.5) is 5.82 Å². The average Bonchev–Trinajstić information content (AvgIpc) is 3.32. The van der Waals surface area contributed by atoms with E-state index in [-0.39, 0.29) is 17.7 Å². The van der Waals surface area contributed by atoms with Crippen LogP contribution in [-0.4, -0.2) is 39.9 Å². The highest BCUT2D eigenvalue weighted by molar-refractivity contribution is 7.17. The minimum Gasteiger partial charge on any atom is -0.360 e. The molecule has 162 valence electrons. The van der Waals surface area contributed by atoms with Crippen LogP contribution >= 0.6 is 11.3 Å². The molecule has 0 saturated carbocycles. The first-order chi connectivity index (χ1) is 14.8. The Morgan fingerprint density at radius 1 is 1.13 bits per heavy atom. The lowest BCUT2D eigenvalue weighted by molar-refractivity contribution is -0.121. The molecule has 0 spiro atoms. The smallest absolute Gasteiger partial charge is 0.265 e. The number of aromatic nitrogens is 2. The lowest BCUT2D eigenvalue weighted by atomic mass is 9.95. The van der Waals surface area contributed by atoms with Gasteiger partial charge in [0.15, 0.2) is 5.82 Å². The summed E-state index contributed by atoms with van der Waals surface area (Å²) in [5.41, 5.74) is 4.18. The van der Waals surface area contributed by atoms with Gasteiger partial charge in [-0.2, -0.15) is 0 Å². The molecule has 0 aliphatic carbocycles. The largest absolute Gasteiger partial charge is 0.360 e. The number of amides is 2. The summed E-state index contributed by atoms with van der Waals surface area (Å²) in [6.45, 7) is 8.89. The molecule has 1 fully saturated rings. The summed E-state index contributed by atoms with van der Waals surface area (Å²) in [5.74, 6) is 0.856. The zero-order chi connectivity index (χ0) is 22.1. The molecule has 0 bridgehead atoms. The van der Waals surface area contributed by atoms with Gasteiger partial charge < -0.3 is 14.7 Å². The van der Waals surface area contributed by atoms with Gasteiger partial charge >= 0.3 is 0 Å². The number of rotatable bonds is 4. The van der Waals surface area contributed by atoms with Gasteiger partial charge in [0.05, 0.1) is 5.69 Å². The van der Waals surface area contributed by atoms with Gasteiger partial charge in [-0.1, -0.05) is 28.9 Å². The summed E-state index contributed by atoms with van der Waals surface area (Å²) in [5, 5.41) is 7.47. The molecule has 1 N–H and O–H groups in total. The van der Waals surface area contributed by atoms with Crippen LogP contribution in [0, 0.1) is 33.6 Å². The van der Waals surface area contributed by atoms with Gasteiger partial charge in [0.2, 0.25) is 5.91 Å². The number of nitrogens with one attached hydrogen (secondary N) is 1. The highest BCUT2D eigenvalue weighted by Gasteiger charge is 2.30. The SMILES string of the molecule is Cc1ccc(-c2nc(C)c(C(=O)N3CCC(C(=O)Nc4cc(C)on4)CC3)s2)c(C)c1. The molecular formula is C23H26N4O3S. The third-order valence-corrected chi connectivity index (χ3v) is 6.81. The van der Waals surface area contributed by atoms with Crippen molar-refractivity contribution in [3.05, 3.63) is 51.7 Å². The normalized spacial score (nSPS) is 14.6. The van der Waals surface area contributed by atoms with Gasteiger partial charge in [-0.3, -0.25) is 9.59 Å². The summed E-state index contributed by atoms with van der Waals surface area (Å²) < 4.78 is 4.99. The third kappa shape index (κ3) is 4.54. The quantitative estimate of drug-likeness (QED) is 0.647. The average molecular weight is 439 g/mol. The Hall–Kier alpha value is -3.00. The lowest BCUT2D eigenvalue weighted by Gasteiger charge is -2.31. The van der Waals surface area contributed by atoms with E-state index in [0.29, 0.717) is 42.4 Å². The summed E-state index contributed by atoms with van der Waals surface area (Å²) in [6.07, 6.45) is 1.24. The van der Waals surface area contributed by atoms with Crippen molar-refractivity contribution in [3.8, 4) is 10.6 Å². The van der Waals surface area contributed by atoms with E-state index in [1.165, 1.54) is 16.9 Å². The number of carbonyl (C=O) groups excluding carboxylic acids is 2. The molecule has 3 aromatic rings. The van der Waals surface area contributed by atoms with Gasteiger partial charge in [-0.25, -0.2) is 4.98 Å². The van der Waals surface area contributed by atoms with Crippen LogP contribution in [0.2, 0.25) is 0 Å². The number of carbonyl (C=O) groups is 2. The van der Waals surface area contributed by atoms with Crippen molar-refractivity contribution >= 4 is 29.0 Å². The Balaban J connectivity index is 1.41. The number of likely N-dealkylation sites (tertiary alicyclic amines) is 1. The zero-order valence-corrected chi connectivity index (χ0v) is 19.0. The standard InChI is InChI=1S/C23H26N4O3S/c1-13-5-6-18(14(2)11-13)22-24-16(4)20(31-22)23(29)27-9-7-17(8-10-27)21(28)25-19-12-15(3)30-26-19/h5-6,11-12,17H,7-10H2,1-4H3,(H,25,26,28). The monoisotopic (exact) mass is 438 g/mol. The van der Waals surface area contributed by atoms with Crippen LogP contribution in [0.25, 0.3) is 10.6 Å². The Morgan fingerprint density at radius 2 is 1.87 bits per heavy atom. The molecule has 31 heavy (non-hydrogen) atoms. The van der Waals surface area contributed by atoms with E-state index in [0.717, 1.165) is 21.8 Å². The number of thiazole rings is 1. The molecule has 3 heterocycles. The van der Waals surface area contributed by atoms with Crippen LogP contribution in [-0.2, 0) is 4.79 Å². The predicted octanol–water partition coefficient (Wildman–Crippen LogP) is 4.52. The van der Waals surface area contributed by atoms with Crippen molar-refractivity contribution < 1.29 is 14.1 Å². The first-order valence-corrected chi connectivity index (χ1v) is 11.2. The highest BCUT2D eigenvalue weighted by Crippen LogP contribution is 2.32. The molecule has 2 aromatic heterocycles. The summed E-state index contributed by atoms with van der Waals surface area (Å²) >= 11 is 1.45. The van der Waals surface area contributed by atoms with Crippen LogP contribution < -0.4 is 5.32 Å². The molecule has 4 rings (SSSR count). The second kappa shape index (κ2) is 8.63. The summed E-state index contributed by atoms with van der Waals surface area (Å²) in [6, 6.07) is 7.95. The van der Waals surface area contributed by atoms with Gasteiger partial charge in [-0.05, 0) is 46.1 Å². The van der Waals surface area contributed by atoms with Crippen molar-refractivity contribution in [2.75, 3.05) is 18.4 Å². The molecule has 1 saturated heterocycles. The molecular weight excluding hydrogens is 412 g/mol. The predicted molar refractivity (Wildman–Crippen MR) is 120 cm³/mol. The Kier molecular flexibility index (Phi) is 5.91. The molecule has 0 atom stereocenters. The van der Waals surface area contributed by atoms with Crippen molar-refractivity contribution in [2.45, 2.75) is 40.5 Å². The number of anilines is 1. The fourth-order valence-corrected chi connectivity index (χ4v) is 5.03. The molecule has 1 aromatic carbocycles. The second-order valence-corrected chi connectivity index (χ2v) is 9.13. The van der Waals surface area contributed by atoms with E-state index >= 15 is 0 Å². The number of benzene rings is 1. The Labute approximate surface area is 185 Å². The van der Waals surface area contributed by atoms with Crippen molar-refractivity contribution in [1.82, 2.24) is 15.0 Å². The summed E-state index contributed by atoms with van der Waals surface area (Å²) in [4.78, 5) is 32.8. The number of hydrogen-bond acceptors (Lipinski definition) is 6. The van der Waals surface area contributed by atoms with E-state index in [4.69, 9.17) is 4.52 Å². The van der Waals surface area contributed by atoms with Crippen LogP contribution in [0.5, 0.6) is 0 Å². The number of piperidine rings is 1. The molecule has 1 aliphatic heterocycles. The van der Waals surface area contributed by atoms with Gasteiger partial charge in [0.25, 0.3) is 5.91 Å². The maximum atomic E-state index is 13.1. The maximum absolute atomic E-state index is 13.1. The molecule has 1 aliphatic rings.